The number of halogens is 1. The number of aryl methyl sites for hydroxylation is 1. The highest BCUT2D eigenvalue weighted by molar-refractivity contribution is 6.01. The molecule has 2 amide bonds. The highest BCUT2D eigenvalue weighted by atomic mass is 19.1. The minimum Gasteiger partial charge on any atom is -0.450 e. The second kappa shape index (κ2) is 6.99. The van der Waals surface area contributed by atoms with E-state index in [1.54, 1.807) is 16.4 Å². The predicted molar refractivity (Wildman–Crippen MR) is 104 cm³/mol. The maximum Gasteiger partial charge on any atom is 0.410 e. The monoisotopic (exact) mass is 381 g/mol. The van der Waals surface area contributed by atoms with E-state index in [1.165, 1.54) is 24.3 Å². The number of nitrogens with zero attached hydrogens (tertiary/aromatic N) is 2. The van der Waals surface area contributed by atoms with Crippen molar-refractivity contribution >= 4 is 28.7 Å². The number of anilines is 1. The Morgan fingerprint density at radius 3 is 2.61 bits per heavy atom. The van der Waals surface area contributed by atoms with Crippen LogP contribution in [-0.2, 0) is 17.8 Å². The van der Waals surface area contributed by atoms with Crippen molar-refractivity contribution in [2.45, 2.75) is 26.9 Å². The van der Waals surface area contributed by atoms with E-state index < -0.39 is 6.09 Å². The molecule has 6 nitrogen and oxygen atoms in total. The van der Waals surface area contributed by atoms with Crippen LogP contribution in [0.1, 0.15) is 23.7 Å². The number of hydrogen-bond donors (Lipinski definition) is 1. The Kier molecular flexibility index (Phi) is 4.50. The zero-order valence-corrected chi connectivity index (χ0v) is 15.7. The normalized spacial score (nSPS) is 12.9. The second-order valence-electron chi connectivity index (χ2n) is 6.77. The quantitative estimate of drug-likeness (QED) is 0.703. The molecule has 1 aliphatic heterocycles. The molecule has 0 aliphatic carbocycles. The molecular formula is C21H20FN3O3. The summed E-state index contributed by atoms with van der Waals surface area (Å²) >= 11 is 0. The molecule has 0 saturated carbocycles. The van der Waals surface area contributed by atoms with Crippen molar-refractivity contribution in [2.75, 3.05) is 11.9 Å². The summed E-state index contributed by atoms with van der Waals surface area (Å²) in [6, 6.07) is 11.1. The van der Waals surface area contributed by atoms with Gasteiger partial charge in [0.1, 0.15) is 5.82 Å². The van der Waals surface area contributed by atoms with Gasteiger partial charge in [0.25, 0.3) is 0 Å². The summed E-state index contributed by atoms with van der Waals surface area (Å²) < 4.78 is 19.8. The number of nitrogens with one attached hydrogen (secondary N) is 1. The first-order valence-electron chi connectivity index (χ1n) is 9.09. The molecule has 1 N–H and O–H groups in total. The van der Waals surface area contributed by atoms with Crippen LogP contribution in [0.2, 0.25) is 0 Å². The van der Waals surface area contributed by atoms with Crippen LogP contribution >= 0.6 is 0 Å². The van der Waals surface area contributed by atoms with Gasteiger partial charge in [0.2, 0.25) is 0 Å². The molecule has 1 aromatic heterocycles. The fraction of sp³-hybridized carbons (Fsp3) is 0.238. The number of benzene rings is 2. The maximum atomic E-state index is 13.1. The van der Waals surface area contributed by atoms with E-state index in [-0.39, 0.29) is 11.8 Å². The Morgan fingerprint density at radius 2 is 1.89 bits per heavy atom. The number of hydrogen-bond acceptors (Lipinski definition) is 3. The Labute approximate surface area is 161 Å². The van der Waals surface area contributed by atoms with Gasteiger partial charge in [-0.25, -0.2) is 14.0 Å². The van der Waals surface area contributed by atoms with Gasteiger partial charge in [-0.15, -0.1) is 0 Å². The first kappa shape index (κ1) is 18.0. The van der Waals surface area contributed by atoms with Crippen LogP contribution < -0.4 is 5.32 Å². The van der Waals surface area contributed by atoms with Crippen LogP contribution in [0.25, 0.3) is 10.9 Å². The van der Waals surface area contributed by atoms with Gasteiger partial charge in [0.05, 0.1) is 30.9 Å². The van der Waals surface area contributed by atoms with Crippen LogP contribution in [0.5, 0.6) is 0 Å². The van der Waals surface area contributed by atoms with E-state index in [1.807, 2.05) is 25.1 Å². The molecule has 0 saturated heterocycles. The minimum absolute atomic E-state index is 0.290. The molecule has 144 valence electrons. The number of carbonyl (C=O) groups excluding carboxylic acids is 2. The molecule has 7 heteroatoms. The highest BCUT2D eigenvalue weighted by Crippen LogP contribution is 2.34. The third-order valence-corrected chi connectivity index (χ3v) is 4.85. The lowest BCUT2D eigenvalue weighted by Gasteiger charge is -2.16. The number of amides is 2. The van der Waals surface area contributed by atoms with Crippen molar-refractivity contribution in [1.82, 2.24) is 9.47 Å². The number of fused-ring (bicyclic) bond motifs is 3. The van der Waals surface area contributed by atoms with E-state index in [9.17, 15) is 14.0 Å². The molecule has 0 fully saturated rings. The van der Waals surface area contributed by atoms with Gasteiger partial charge in [-0.05, 0) is 50.2 Å². The smallest absolute Gasteiger partial charge is 0.410 e. The number of carbonyl (C=O) groups is 2. The van der Waals surface area contributed by atoms with Crippen molar-refractivity contribution < 1.29 is 18.7 Å². The van der Waals surface area contributed by atoms with Gasteiger partial charge in [-0.1, -0.05) is 11.6 Å². The van der Waals surface area contributed by atoms with Gasteiger partial charge < -0.3 is 10.1 Å². The van der Waals surface area contributed by atoms with Crippen molar-refractivity contribution in [3.63, 3.8) is 0 Å². The Balaban J connectivity index is 1.74. The molecule has 3 aromatic rings. The average Bonchev–Trinajstić information content (AvgIpc) is 3.21. The van der Waals surface area contributed by atoms with E-state index in [0.29, 0.717) is 25.4 Å². The lowest BCUT2D eigenvalue weighted by Crippen LogP contribution is -2.28. The molecule has 1 aliphatic rings. The van der Waals surface area contributed by atoms with E-state index in [2.05, 4.69) is 5.32 Å². The molecule has 4 rings (SSSR count). The standard InChI is InChI=1S/C21H20FN3O3/c1-3-28-21(27)24-11-17-16-10-13(2)4-9-18(16)25(19(17)12-24)20(26)23-15-7-5-14(22)6-8-15/h4-10H,3,11-12H2,1-2H3,(H,23,26). The van der Waals surface area contributed by atoms with Crippen LogP contribution in [0.15, 0.2) is 42.5 Å². The fourth-order valence-corrected chi connectivity index (χ4v) is 3.58. The van der Waals surface area contributed by atoms with Crippen LogP contribution in [0, 0.1) is 12.7 Å². The summed E-state index contributed by atoms with van der Waals surface area (Å²) in [5.74, 6) is -0.370. The van der Waals surface area contributed by atoms with Gasteiger partial charge in [0.15, 0.2) is 0 Å². The Bertz CT molecular complexity index is 1070. The molecule has 0 bridgehead atoms. The van der Waals surface area contributed by atoms with E-state index in [4.69, 9.17) is 4.74 Å². The fourth-order valence-electron chi connectivity index (χ4n) is 3.58. The first-order valence-corrected chi connectivity index (χ1v) is 9.09. The summed E-state index contributed by atoms with van der Waals surface area (Å²) in [5.41, 5.74) is 4.04. The molecule has 2 aromatic carbocycles. The van der Waals surface area contributed by atoms with Crippen molar-refractivity contribution in [2.24, 2.45) is 0 Å². The average molecular weight is 381 g/mol. The third kappa shape index (κ3) is 3.09. The lowest BCUT2D eigenvalue weighted by molar-refractivity contribution is 0.106. The van der Waals surface area contributed by atoms with Gasteiger partial charge in [-0.2, -0.15) is 0 Å². The SMILES string of the molecule is CCOC(=O)N1Cc2c(n(C(=O)Nc3ccc(F)cc3)c3ccc(C)cc23)C1. The largest absolute Gasteiger partial charge is 0.450 e. The number of ether oxygens (including phenoxy) is 1. The van der Waals surface area contributed by atoms with Gasteiger partial charge in [0, 0.05) is 16.6 Å². The number of rotatable bonds is 2. The molecular weight excluding hydrogens is 361 g/mol. The van der Waals surface area contributed by atoms with Crippen molar-refractivity contribution in [3.05, 3.63) is 65.1 Å². The summed E-state index contributed by atoms with van der Waals surface area (Å²) in [6.07, 6.45) is -0.398. The minimum atomic E-state index is -0.398. The topological polar surface area (TPSA) is 63.6 Å². The van der Waals surface area contributed by atoms with E-state index >= 15 is 0 Å². The zero-order valence-electron chi connectivity index (χ0n) is 15.7. The summed E-state index contributed by atoms with van der Waals surface area (Å²) in [6.45, 7) is 4.73. The van der Waals surface area contributed by atoms with Gasteiger partial charge >= 0.3 is 12.1 Å². The van der Waals surface area contributed by atoms with Crippen LogP contribution in [0.4, 0.5) is 19.7 Å². The zero-order chi connectivity index (χ0) is 19.8. The number of aromatic nitrogens is 1. The Morgan fingerprint density at radius 1 is 1.14 bits per heavy atom. The molecule has 2 heterocycles. The Hall–Kier alpha value is -3.35. The summed E-state index contributed by atoms with van der Waals surface area (Å²) in [5, 5.41) is 3.74. The molecule has 0 radical (unpaired) electrons. The molecule has 0 spiro atoms. The predicted octanol–water partition coefficient (Wildman–Crippen LogP) is 4.64. The van der Waals surface area contributed by atoms with Crippen LogP contribution in [-0.4, -0.2) is 28.2 Å². The summed E-state index contributed by atoms with van der Waals surface area (Å²) in [4.78, 5) is 26.8. The molecule has 0 unspecified atom stereocenters. The van der Waals surface area contributed by atoms with Gasteiger partial charge in [-0.3, -0.25) is 9.47 Å². The highest BCUT2D eigenvalue weighted by Gasteiger charge is 2.32. The molecule has 0 atom stereocenters. The van der Waals surface area contributed by atoms with Crippen molar-refractivity contribution in [1.29, 1.82) is 0 Å². The second-order valence-corrected chi connectivity index (χ2v) is 6.77. The van der Waals surface area contributed by atoms with Crippen molar-refractivity contribution in [3.8, 4) is 0 Å². The lowest BCUT2D eigenvalue weighted by atomic mass is 10.1. The third-order valence-electron chi connectivity index (χ3n) is 4.85. The van der Waals surface area contributed by atoms with Crippen LogP contribution in [0.3, 0.4) is 0 Å². The maximum absolute atomic E-state index is 13.1. The summed E-state index contributed by atoms with van der Waals surface area (Å²) in [7, 11) is 0. The van der Waals surface area contributed by atoms with E-state index in [0.717, 1.165) is 27.7 Å². The molecule has 28 heavy (non-hydrogen) atoms. The first-order chi connectivity index (χ1) is 13.5.